The van der Waals surface area contributed by atoms with Crippen LogP contribution in [0.3, 0.4) is 0 Å². The summed E-state index contributed by atoms with van der Waals surface area (Å²) in [5, 5.41) is 3.47. The van der Waals surface area contributed by atoms with Crippen molar-refractivity contribution < 1.29 is 9.53 Å². The van der Waals surface area contributed by atoms with Crippen molar-refractivity contribution in [1.29, 1.82) is 0 Å². The van der Waals surface area contributed by atoms with Gasteiger partial charge < -0.3 is 10.1 Å². The quantitative estimate of drug-likeness (QED) is 0.766. The van der Waals surface area contributed by atoms with Gasteiger partial charge in [0.1, 0.15) is 5.60 Å². The maximum Gasteiger partial charge on any atom is 0.320 e. The van der Waals surface area contributed by atoms with Gasteiger partial charge in [0.2, 0.25) is 0 Å². The first-order chi connectivity index (χ1) is 8.46. The van der Waals surface area contributed by atoms with Crippen molar-refractivity contribution >= 4 is 5.97 Å². The van der Waals surface area contributed by atoms with Gasteiger partial charge in [-0.3, -0.25) is 4.79 Å². The Morgan fingerprint density at radius 3 is 2.00 bits per heavy atom. The second-order valence-corrected chi connectivity index (χ2v) is 6.88. The van der Waals surface area contributed by atoms with E-state index >= 15 is 0 Å². The smallest absolute Gasteiger partial charge is 0.320 e. The Labute approximate surface area is 111 Å². The van der Waals surface area contributed by atoms with E-state index in [1.807, 2.05) is 20.8 Å². The van der Waals surface area contributed by atoms with Gasteiger partial charge in [-0.2, -0.15) is 0 Å². The van der Waals surface area contributed by atoms with E-state index in [1.54, 1.807) is 0 Å². The van der Waals surface area contributed by atoms with Crippen molar-refractivity contribution in [1.82, 2.24) is 5.32 Å². The van der Waals surface area contributed by atoms with E-state index in [9.17, 15) is 4.79 Å². The second-order valence-electron chi connectivity index (χ2n) is 6.88. The van der Waals surface area contributed by atoms with E-state index in [-0.39, 0.29) is 11.6 Å². The summed E-state index contributed by atoms with van der Waals surface area (Å²) in [6.07, 6.45) is 8.07. The third-order valence-electron chi connectivity index (χ3n) is 4.22. The molecule has 3 heteroatoms. The first-order valence-electron chi connectivity index (χ1n) is 7.41. The van der Waals surface area contributed by atoms with Gasteiger partial charge in [0, 0.05) is 6.04 Å². The maximum atomic E-state index is 11.7. The molecule has 0 aromatic rings. The van der Waals surface area contributed by atoms with Gasteiger partial charge in [-0.1, -0.05) is 12.8 Å². The second kappa shape index (κ2) is 5.60. The largest absolute Gasteiger partial charge is 0.459 e. The first kappa shape index (κ1) is 13.9. The van der Waals surface area contributed by atoms with Crippen LogP contribution in [0.15, 0.2) is 0 Å². The van der Waals surface area contributed by atoms with Crippen LogP contribution >= 0.6 is 0 Å². The Morgan fingerprint density at radius 1 is 1.17 bits per heavy atom. The van der Waals surface area contributed by atoms with Crippen molar-refractivity contribution in [3.63, 3.8) is 0 Å². The average molecular weight is 253 g/mol. The van der Waals surface area contributed by atoms with Crippen molar-refractivity contribution in [3.05, 3.63) is 0 Å². The molecular weight excluding hydrogens is 226 g/mol. The highest BCUT2D eigenvalue weighted by molar-refractivity contribution is 5.72. The molecule has 0 amide bonds. The molecule has 0 heterocycles. The molecule has 2 rings (SSSR count). The Morgan fingerprint density at radius 2 is 1.67 bits per heavy atom. The summed E-state index contributed by atoms with van der Waals surface area (Å²) in [5.74, 6) is 1.49. The van der Waals surface area contributed by atoms with Gasteiger partial charge in [-0.05, 0) is 58.3 Å². The van der Waals surface area contributed by atoms with Gasteiger partial charge in [0.25, 0.3) is 0 Å². The zero-order chi connectivity index (χ0) is 13.2. The summed E-state index contributed by atoms with van der Waals surface area (Å²) in [7, 11) is 0. The molecule has 0 aromatic carbocycles. The molecule has 0 saturated heterocycles. The minimum Gasteiger partial charge on any atom is -0.459 e. The molecule has 2 aliphatic carbocycles. The summed E-state index contributed by atoms with van der Waals surface area (Å²) in [6, 6.07) is 0.556. The summed E-state index contributed by atoms with van der Waals surface area (Å²) in [6.45, 7) is 6.12. The number of nitrogens with one attached hydrogen (secondary N) is 1. The predicted molar refractivity (Wildman–Crippen MR) is 72.3 cm³/mol. The van der Waals surface area contributed by atoms with E-state index in [1.165, 1.54) is 38.5 Å². The van der Waals surface area contributed by atoms with E-state index < -0.39 is 0 Å². The number of ether oxygens (including phenoxy) is 1. The standard InChI is InChI=1S/C15H27NO2/c1-15(2,3)18-13(17)10-16-14(11-6-4-7-11)12-8-5-9-12/h11-12,14,16H,4-10H2,1-3H3. The normalized spacial score (nSPS) is 21.6. The molecule has 0 radical (unpaired) electrons. The van der Waals surface area contributed by atoms with E-state index in [4.69, 9.17) is 4.74 Å². The SMILES string of the molecule is CC(C)(C)OC(=O)CNC(C1CCC1)C1CCC1. The third kappa shape index (κ3) is 3.71. The molecule has 1 N–H and O–H groups in total. The first-order valence-corrected chi connectivity index (χ1v) is 7.41. The van der Waals surface area contributed by atoms with Gasteiger partial charge in [-0.15, -0.1) is 0 Å². The zero-order valence-electron chi connectivity index (χ0n) is 12.0. The summed E-state index contributed by atoms with van der Waals surface area (Å²) in [5.41, 5.74) is -0.374. The molecule has 2 aliphatic rings. The summed E-state index contributed by atoms with van der Waals surface area (Å²) >= 11 is 0. The molecule has 2 fully saturated rings. The zero-order valence-corrected chi connectivity index (χ0v) is 12.0. The Balaban J connectivity index is 1.76. The molecule has 0 bridgehead atoms. The van der Waals surface area contributed by atoms with E-state index in [0.717, 1.165) is 11.8 Å². The molecule has 3 nitrogen and oxygen atoms in total. The predicted octanol–water partition coefficient (Wildman–Crippen LogP) is 2.89. The lowest BCUT2D eigenvalue weighted by Crippen LogP contribution is -2.49. The van der Waals surface area contributed by atoms with Crippen LogP contribution in [0.2, 0.25) is 0 Å². The van der Waals surface area contributed by atoms with Crippen LogP contribution in [0.25, 0.3) is 0 Å². The third-order valence-corrected chi connectivity index (χ3v) is 4.22. The lowest BCUT2D eigenvalue weighted by molar-refractivity contribution is -0.154. The molecule has 104 valence electrons. The highest BCUT2D eigenvalue weighted by Crippen LogP contribution is 2.39. The molecular formula is C15H27NO2. The number of hydrogen-bond donors (Lipinski definition) is 1. The Kier molecular flexibility index (Phi) is 4.31. The number of rotatable bonds is 5. The van der Waals surface area contributed by atoms with Crippen molar-refractivity contribution in [2.75, 3.05) is 6.54 Å². The Bertz CT molecular complexity index is 273. The van der Waals surface area contributed by atoms with Crippen LogP contribution in [-0.2, 0) is 9.53 Å². The molecule has 18 heavy (non-hydrogen) atoms. The molecule has 2 saturated carbocycles. The summed E-state index contributed by atoms with van der Waals surface area (Å²) < 4.78 is 5.35. The number of carbonyl (C=O) groups excluding carboxylic acids is 1. The fourth-order valence-corrected chi connectivity index (χ4v) is 2.89. The fraction of sp³-hybridized carbons (Fsp3) is 0.933. The summed E-state index contributed by atoms with van der Waals surface area (Å²) in [4.78, 5) is 11.7. The minimum absolute atomic E-state index is 0.119. The lowest BCUT2D eigenvalue weighted by atomic mass is 9.68. The van der Waals surface area contributed by atoms with Crippen molar-refractivity contribution in [2.24, 2.45) is 11.8 Å². The molecule has 0 aliphatic heterocycles. The van der Waals surface area contributed by atoms with Crippen LogP contribution in [0, 0.1) is 11.8 Å². The van der Waals surface area contributed by atoms with Crippen LogP contribution in [0.4, 0.5) is 0 Å². The fourth-order valence-electron chi connectivity index (χ4n) is 2.89. The van der Waals surface area contributed by atoms with Crippen LogP contribution in [-0.4, -0.2) is 24.2 Å². The van der Waals surface area contributed by atoms with Crippen LogP contribution in [0.5, 0.6) is 0 Å². The number of carbonyl (C=O) groups is 1. The minimum atomic E-state index is -0.374. The number of hydrogen-bond acceptors (Lipinski definition) is 3. The van der Waals surface area contributed by atoms with E-state index in [2.05, 4.69) is 5.32 Å². The van der Waals surface area contributed by atoms with Gasteiger partial charge in [-0.25, -0.2) is 0 Å². The number of esters is 1. The monoisotopic (exact) mass is 253 g/mol. The molecule has 0 spiro atoms. The topological polar surface area (TPSA) is 38.3 Å². The highest BCUT2D eigenvalue weighted by atomic mass is 16.6. The van der Waals surface area contributed by atoms with Crippen molar-refractivity contribution in [2.45, 2.75) is 70.9 Å². The lowest BCUT2D eigenvalue weighted by Gasteiger charge is -2.43. The Hall–Kier alpha value is -0.570. The van der Waals surface area contributed by atoms with Gasteiger partial charge >= 0.3 is 5.97 Å². The van der Waals surface area contributed by atoms with Gasteiger partial charge in [0.15, 0.2) is 0 Å². The molecule has 0 unspecified atom stereocenters. The molecule has 0 atom stereocenters. The van der Waals surface area contributed by atoms with Gasteiger partial charge in [0.05, 0.1) is 6.54 Å². The highest BCUT2D eigenvalue weighted by Gasteiger charge is 2.36. The van der Waals surface area contributed by atoms with E-state index in [0.29, 0.717) is 12.6 Å². The molecule has 0 aromatic heterocycles. The van der Waals surface area contributed by atoms with Crippen LogP contribution in [0.1, 0.15) is 59.3 Å². The maximum absolute atomic E-state index is 11.7. The van der Waals surface area contributed by atoms with Crippen molar-refractivity contribution in [3.8, 4) is 0 Å². The average Bonchev–Trinajstić information content (AvgIpc) is 2.05. The van der Waals surface area contributed by atoms with Crippen LogP contribution < -0.4 is 5.32 Å².